The van der Waals surface area contributed by atoms with E-state index in [0.29, 0.717) is 22.6 Å². The lowest BCUT2D eigenvalue weighted by atomic mass is 10.1. The number of methoxy groups -OCH3 is 1. The van der Waals surface area contributed by atoms with Crippen LogP contribution >= 0.6 is 0 Å². The van der Waals surface area contributed by atoms with Gasteiger partial charge in [-0.15, -0.1) is 0 Å². The summed E-state index contributed by atoms with van der Waals surface area (Å²) < 4.78 is 24.3. The Morgan fingerprint density at radius 2 is 1.89 bits per heavy atom. The highest BCUT2D eigenvalue weighted by Crippen LogP contribution is 2.32. The van der Waals surface area contributed by atoms with Gasteiger partial charge < -0.3 is 19.9 Å². The molecule has 1 aliphatic carbocycles. The predicted molar refractivity (Wildman–Crippen MR) is 99.6 cm³/mol. The first-order chi connectivity index (χ1) is 13.1. The second kappa shape index (κ2) is 8.86. The number of nitrogens with one attached hydrogen (secondary N) is 1. The first kappa shape index (κ1) is 19.2. The number of hydrogen-bond donors (Lipinski definition) is 2. The van der Waals surface area contributed by atoms with Crippen molar-refractivity contribution < 1.29 is 23.8 Å². The van der Waals surface area contributed by atoms with E-state index >= 15 is 0 Å². The average molecular weight is 373 g/mol. The summed E-state index contributed by atoms with van der Waals surface area (Å²) in [7, 11) is 1.54. The Balaban J connectivity index is 1.61. The highest BCUT2D eigenvalue weighted by atomic mass is 19.1. The van der Waals surface area contributed by atoms with Gasteiger partial charge in [0, 0.05) is 12.1 Å². The van der Waals surface area contributed by atoms with E-state index in [9.17, 15) is 14.3 Å². The number of carbonyl (C=O) groups excluding carboxylic acids is 1. The molecular formula is C21H24FNO4. The van der Waals surface area contributed by atoms with Crippen LogP contribution in [0.15, 0.2) is 42.5 Å². The number of rotatable bonds is 7. The van der Waals surface area contributed by atoms with Gasteiger partial charge in [0.15, 0.2) is 11.5 Å². The molecule has 144 valence electrons. The monoisotopic (exact) mass is 373 g/mol. The molecule has 1 unspecified atom stereocenters. The number of hydrogen-bond acceptors (Lipinski definition) is 4. The molecule has 2 N–H and O–H groups in total. The lowest BCUT2D eigenvalue weighted by Gasteiger charge is -2.17. The summed E-state index contributed by atoms with van der Waals surface area (Å²) in [6.07, 6.45) is 3.69. The zero-order chi connectivity index (χ0) is 19.2. The number of halogens is 1. The van der Waals surface area contributed by atoms with Crippen LogP contribution in [0, 0.1) is 5.82 Å². The van der Waals surface area contributed by atoms with E-state index in [2.05, 4.69) is 5.32 Å². The molecule has 0 radical (unpaired) electrons. The van der Waals surface area contributed by atoms with E-state index in [1.807, 2.05) is 0 Å². The maximum Gasteiger partial charge on any atom is 0.251 e. The minimum Gasteiger partial charge on any atom is -0.493 e. The topological polar surface area (TPSA) is 67.8 Å². The van der Waals surface area contributed by atoms with Crippen molar-refractivity contribution in [3.63, 3.8) is 0 Å². The van der Waals surface area contributed by atoms with Crippen molar-refractivity contribution in [1.29, 1.82) is 0 Å². The fourth-order valence-corrected chi connectivity index (χ4v) is 3.19. The van der Waals surface area contributed by atoms with Gasteiger partial charge in [0.25, 0.3) is 5.91 Å². The third kappa shape index (κ3) is 4.98. The third-order valence-electron chi connectivity index (χ3n) is 4.73. The van der Waals surface area contributed by atoms with E-state index in [1.54, 1.807) is 18.2 Å². The molecule has 1 aliphatic rings. The molecule has 27 heavy (non-hydrogen) atoms. The van der Waals surface area contributed by atoms with Crippen LogP contribution in [0.25, 0.3) is 0 Å². The summed E-state index contributed by atoms with van der Waals surface area (Å²) in [5.41, 5.74) is 0.950. The molecule has 2 aromatic rings. The lowest BCUT2D eigenvalue weighted by molar-refractivity contribution is 0.0915. The normalized spacial score (nSPS) is 15.4. The Morgan fingerprint density at radius 3 is 2.56 bits per heavy atom. The van der Waals surface area contributed by atoms with Crippen molar-refractivity contribution in [2.75, 3.05) is 13.7 Å². The second-order valence-electron chi connectivity index (χ2n) is 6.67. The Labute approximate surface area is 158 Å². The van der Waals surface area contributed by atoms with Crippen LogP contribution in [0.4, 0.5) is 4.39 Å². The highest BCUT2D eigenvalue weighted by Gasteiger charge is 2.19. The molecule has 0 spiro atoms. The largest absolute Gasteiger partial charge is 0.493 e. The number of benzene rings is 2. The van der Waals surface area contributed by atoms with E-state index in [0.717, 1.165) is 12.8 Å². The minimum atomic E-state index is -0.915. The average Bonchev–Trinajstić information content (AvgIpc) is 3.19. The van der Waals surface area contributed by atoms with Gasteiger partial charge in [-0.25, -0.2) is 4.39 Å². The summed E-state index contributed by atoms with van der Waals surface area (Å²) in [4.78, 5) is 12.4. The number of carbonyl (C=O) groups is 1. The third-order valence-corrected chi connectivity index (χ3v) is 4.73. The van der Waals surface area contributed by atoms with Crippen molar-refractivity contribution in [3.8, 4) is 11.5 Å². The molecule has 0 aromatic heterocycles. The standard InChI is InChI=1S/C21H24FNO4/c1-26-20-12-15(8-11-19(20)27-17-4-2-3-5-17)21(25)23-13-18(24)14-6-9-16(22)10-7-14/h6-12,17-18,24H,2-5,13H2,1H3,(H,23,25). The number of ether oxygens (including phenoxy) is 2. The molecule has 1 atom stereocenters. The van der Waals surface area contributed by atoms with E-state index in [4.69, 9.17) is 9.47 Å². The molecule has 6 heteroatoms. The Bertz CT molecular complexity index is 772. The molecule has 0 aliphatic heterocycles. The summed E-state index contributed by atoms with van der Waals surface area (Å²) in [6, 6.07) is 10.6. The molecule has 5 nitrogen and oxygen atoms in total. The Hall–Kier alpha value is -2.60. The number of aliphatic hydroxyl groups is 1. The first-order valence-electron chi connectivity index (χ1n) is 9.13. The van der Waals surface area contributed by atoms with Crippen LogP contribution in [-0.2, 0) is 0 Å². The fraction of sp³-hybridized carbons (Fsp3) is 0.381. The first-order valence-corrected chi connectivity index (χ1v) is 9.13. The van der Waals surface area contributed by atoms with Gasteiger partial charge in [0.05, 0.1) is 19.3 Å². The summed E-state index contributed by atoms with van der Waals surface area (Å²) >= 11 is 0. The zero-order valence-corrected chi connectivity index (χ0v) is 15.3. The van der Waals surface area contributed by atoms with Crippen LogP contribution in [0.5, 0.6) is 11.5 Å². The predicted octanol–water partition coefficient (Wildman–Crippen LogP) is 3.62. The van der Waals surface area contributed by atoms with Crippen LogP contribution in [0.3, 0.4) is 0 Å². The van der Waals surface area contributed by atoms with Gasteiger partial charge >= 0.3 is 0 Å². The van der Waals surface area contributed by atoms with Gasteiger partial charge in [-0.05, 0) is 61.6 Å². The fourth-order valence-electron chi connectivity index (χ4n) is 3.19. The quantitative estimate of drug-likeness (QED) is 0.778. The van der Waals surface area contributed by atoms with E-state index in [1.165, 1.54) is 44.2 Å². The lowest BCUT2D eigenvalue weighted by Crippen LogP contribution is -2.28. The smallest absolute Gasteiger partial charge is 0.251 e. The van der Waals surface area contributed by atoms with Gasteiger partial charge in [-0.1, -0.05) is 12.1 Å². The molecule has 1 fully saturated rings. The van der Waals surface area contributed by atoms with Gasteiger partial charge in [-0.3, -0.25) is 4.79 Å². The molecule has 1 amide bonds. The molecular weight excluding hydrogens is 349 g/mol. The van der Waals surface area contributed by atoms with Gasteiger partial charge in [0.2, 0.25) is 0 Å². The maximum atomic E-state index is 12.9. The van der Waals surface area contributed by atoms with Gasteiger partial charge in [-0.2, -0.15) is 0 Å². The summed E-state index contributed by atoms with van der Waals surface area (Å²) in [5.74, 6) is 0.435. The molecule has 1 saturated carbocycles. The van der Waals surface area contributed by atoms with Crippen molar-refractivity contribution in [3.05, 3.63) is 59.4 Å². The SMILES string of the molecule is COc1cc(C(=O)NCC(O)c2ccc(F)cc2)ccc1OC1CCCC1. The Morgan fingerprint density at radius 1 is 1.19 bits per heavy atom. The van der Waals surface area contributed by atoms with Crippen molar-refractivity contribution in [1.82, 2.24) is 5.32 Å². The van der Waals surface area contributed by atoms with Crippen LogP contribution in [-0.4, -0.2) is 30.8 Å². The number of amides is 1. The molecule has 2 aromatic carbocycles. The Kier molecular flexibility index (Phi) is 6.29. The number of aliphatic hydroxyl groups excluding tert-OH is 1. The molecule has 0 bridgehead atoms. The zero-order valence-electron chi connectivity index (χ0n) is 15.3. The van der Waals surface area contributed by atoms with E-state index < -0.39 is 6.10 Å². The molecule has 0 heterocycles. The highest BCUT2D eigenvalue weighted by molar-refractivity contribution is 5.94. The molecule has 3 rings (SSSR count). The second-order valence-corrected chi connectivity index (χ2v) is 6.67. The summed E-state index contributed by atoms with van der Waals surface area (Å²) in [6.45, 7) is 0.0209. The minimum absolute atomic E-state index is 0.0209. The van der Waals surface area contributed by atoms with Gasteiger partial charge in [0.1, 0.15) is 5.82 Å². The maximum absolute atomic E-state index is 12.9. The molecule has 0 saturated heterocycles. The van der Waals surface area contributed by atoms with E-state index in [-0.39, 0.29) is 24.4 Å². The van der Waals surface area contributed by atoms with Crippen LogP contribution in [0.1, 0.15) is 47.7 Å². The van der Waals surface area contributed by atoms with Crippen molar-refractivity contribution >= 4 is 5.91 Å². The van der Waals surface area contributed by atoms with Crippen molar-refractivity contribution in [2.24, 2.45) is 0 Å². The van der Waals surface area contributed by atoms with Crippen molar-refractivity contribution in [2.45, 2.75) is 37.9 Å². The summed E-state index contributed by atoms with van der Waals surface area (Å²) in [5, 5.41) is 12.8. The van der Waals surface area contributed by atoms with Crippen LogP contribution < -0.4 is 14.8 Å². The van der Waals surface area contributed by atoms with Crippen LogP contribution in [0.2, 0.25) is 0 Å².